The van der Waals surface area contributed by atoms with Crippen LogP contribution in [0.15, 0.2) is 58.8 Å². The SMILES string of the molecule is CC(C)(CN[C@@H]1C[C@H](c2cnc(Sc3ccnc(N)c3Cl)cn2)NCc2ccccc21)[S+](N)[O-]. The number of hydrogen-bond donors (Lipinski definition) is 4. The minimum Gasteiger partial charge on any atom is -0.598 e. The lowest BCUT2D eigenvalue weighted by Crippen LogP contribution is -2.47. The zero-order chi connectivity index (χ0) is 24.3. The second-order valence-corrected chi connectivity index (χ2v) is 11.9. The highest BCUT2D eigenvalue weighted by molar-refractivity contribution is 7.99. The molecule has 1 aliphatic heterocycles. The van der Waals surface area contributed by atoms with Crippen LogP contribution in [0.25, 0.3) is 0 Å². The minimum atomic E-state index is -1.43. The fourth-order valence-corrected chi connectivity index (χ4v) is 4.98. The molecule has 3 heterocycles. The van der Waals surface area contributed by atoms with Gasteiger partial charge in [0.05, 0.1) is 29.2 Å². The van der Waals surface area contributed by atoms with Gasteiger partial charge in [0.1, 0.15) is 10.8 Å². The smallest absolute Gasteiger partial charge is 0.151 e. The number of nitrogens with zero attached hydrogens (tertiary/aromatic N) is 3. The summed E-state index contributed by atoms with van der Waals surface area (Å²) < 4.78 is 11.4. The number of aromatic nitrogens is 3. The first-order chi connectivity index (χ1) is 16.2. The number of benzene rings is 1. The van der Waals surface area contributed by atoms with Crippen molar-refractivity contribution in [2.24, 2.45) is 5.14 Å². The van der Waals surface area contributed by atoms with Crippen LogP contribution in [0.1, 0.15) is 49.2 Å². The summed E-state index contributed by atoms with van der Waals surface area (Å²) >= 11 is 6.21. The summed E-state index contributed by atoms with van der Waals surface area (Å²) in [6.45, 7) is 5.05. The number of fused-ring (bicyclic) bond motifs is 1. The van der Waals surface area contributed by atoms with Crippen molar-refractivity contribution in [3.8, 4) is 0 Å². The summed E-state index contributed by atoms with van der Waals surface area (Å²) in [5.41, 5.74) is 9.09. The molecule has 3 aromatic rings. The van der Waals surface area contributed by atoms with Gasteiger partial charge in [0.2, 0.25) is 0 Å². The third kappa shape index (κ3) is 5.83. The Balaban J connectivity index is 1.52. The van der Waals surface area contributed by atoms with E-state index >= 15 is 0 Å². The molecule has 34 heavy (non-hydrogen) atoms. The van der Waals surface area contributed by atoms with Crippen LogP contribution in [0.4, 0.5) is 5.82 Å². The van der Waals surface area contributed by atoms with Gasteiger partial charge in [-0.25, -0.2) is 9.97 Å². The molecule has 0 fully saturated rings. The molecule has 0 bridgehead atoms. The highest BCUT2D eigenvalue weighted by atomic mass is 35.5. The number of nitrogens with two attached hydrogens (primary N) is 2. The standard InChI is InChI=1S/C23H28ClN7OS2/c1-23(2,34(26)32)13-31-16-9-17(28-10-14-5-3-4-6-15(14)16)18-11-30-20(12-29-18)33-19-7-8-27-22(25)21(19)24/h3-8,11-12,16-17,28,31H,9-10,13,26H2,1-2H3,(H2,25,27)/t16-,17-,34?/m1/s1. The van der Waals surface area contributed by atoms with Gasteiger partial charge >= 0.3 is 0 Å². The number of pyridine rings is 1. The van der Waals surface area contributed by atoms with Crippen LogP contribution in [-0.2, 0) is 17.9 Å². The Kier molecular flexibility index (Phi) is 7.98. The molecule has 0 spiro atoms. The maximum absolute atomic E-state index is 11.9. The van der Waals surface area contributed by atoms with Crippen molar-refractivity contribution in [1.29, 1.82) is 0 Å². The molecule has 1 aliphatic rings. The molecular weight excluding hydrogens is 490 g/mol. The zero-order valence-corrected chi connectivity index (χ0v) is 21.4. The normalized spacial score (nSPS) is 19.3. The average Bonchev–Trinajstić information content (AvgIpc) is 3.01. The molecule has 1 aromatic carbocycles. The molecule has 0 radical (unpaired) electrons. The Morgan fingerprint density at radius 3 is 2.76 bits per heavy atom. The van der Waals surface area contributed by atoms with Gasteiger partial charge in [-0.3, -0.25) is 4.98 Å². The van der Waals surface area contributed by atoms with E-state index in [1.807, 2.05) is 26.0 Å². The van der Waals surface area contributed by atoms with Crippen molar-refractivity contribution in [3.63, 3.8) is 0 Å². The van der Waals surface area contributed by atoms with E-state index in [0.717, 1.165) is 28.6 Å². The van der Waals surface area contributed by atoms with Crippen LogP contribution >= 0.6 is 23.4 Å². The van der Waals surface area contributed by atoms with Crippen LogP contribution in [0.5, 0.6) is 0 Å². The fraction of sp³-hybridized carbons (Fsp3) is 0.348. The van der Waals surface area contributed by atoms with E-state index < -0.39 is 16.1 Å². The quantitative estimate of drug-likeness (QED) is 0.346. The first-order valence-corrected chi connectivity index (χ1v) is 13.3. The molecule has 3 atom stereocenters. The summed E-state index contributed by atoms with van der Waals surface area (Å²) in [4.78, 5) is 14.1. The molecule has 6 N–H and O–H groups in total. The van der Waals surface area contributed by atoms with Crippen LogP contribution in [0.3, 0.4) is 0 Å². The monoisotopic (exact) mass is 517 g/mol. The highest BCUT2D eigenvalue weighted by Crippen LogP contribution is 2.35. The summed E-state index contributed by atoms with van der Waals surface area (Å²) in [5.74, 6) is 0.290. The summed E-state index contributed by atoms with van der Waals surface area (Å²) in [6, 6.07) is 10.2. The van der Waals surface area contributed by atoms with E-state index in [1.165, 1.54) is 22.9 Å². The van der Waals surface area contributed by atoms with E-state index in [1.54, 1.807) is 24.7 Å². The Morgan fingerprint density at radius 1 is 1.24 bits per heavy atom. The Bertz CT molecular complexity index is 1130. The fourth-order valence-electron chi connectivity index (χ4n) is 3.76. The maximum Gasteiger partial charge on any atom is 0.151 e. The van der Waals surface area contributed by atoms with Crippen molar-refractivity contribution < 1.29 is 4.55 Å². The van der Waals surface area contributed by atoms with Crippen LogP contribution in [0, 0.1) is 0 Å². The molecule has 0 amide bonds. The van der Waals surface area contributed by atoms with E-state index in [-0.39, 0.29) is 12.1 Å². The van der Waals surface area contributed by atoms with Crippen LogP contribution in [-0.4, -0.2) is 30.8 Å². The molecule has 4 rings (SSSR count). The predicted molar refractivity (Wildman–Crippen MR) is 138 cm³/mol. The molecule has 0 saturated carbocycles. The second kappa shape index (κ2) is 10.8. The van der Waals surface area contributed by atoms with E-state index in [9.17, 15) is 4.55 Å². The van der Waals surface area contributed by atoms with E-state index in [0.29, 0.717) is 17.4 Å². The van der Waals surface area contributed by atoms with Crippen molar-refractivity contribution in [3.05, 3.63) is 70.8 Å². The third-order valence-electron chi connectivity index (χ3n) is 5.86. The predicted octanol–water partition coefficient (Wildman–Crippen LogP) is 3.52. The number of nitrogen functional groups attached to an aromatic ring is 1. The summed E-state index contributed by atoms with van der Waals surface area (Å²) in [5, 5.41) is 14.0. The number of hydrogen-bond acceptors (Lipinski definition) is 9. The average molecular weight is 518 g/mol. The van der Waals surface area contributed by atoms with Crippen molar-refractivity contribution in [2.45, 2.75) is 53.6 Å². The topological polar surface area (TPSA) is 138 Å². The lowest BCUT2D eigenvalue weighted by Gasteiger charge is -2.29. The molecule has 2 aromatic heterocycles. The third-order valence-corrected chi connectivity index (χ3v) is 8.58. The highest BCUT2D eigenvalue weighted by Gasteiger charge is 2.33. The van der Waals surface area contributed by atoms with Gasteiger partial charge in [-0.15, -0.1) is 0 Å². The molecule has 8 nitrogen and oxygen atoms in total. The van der Waals surface area contributed by atoms with Crippen molar-refractivity contribution >= 4 is 40.5 Å². The Hall–Kier alpha value is -1.92. The summed E-state index contributed by atoms with van der Waals surface area (Å²) in [7, 11) is 0. The number of rotatable bonds is 7. The maximum atomic E-state index is 11.9. The van der Waals surface area contributed by atoms with Crippen molar-refractivity contribution in [2.75, 3.05) is 12.3 Å². The van der Waals surface area contributed by atoms with E-state index in [2.05, 4.69) is 32.7 Å². The van der Waals surface area contributed by atoms with Gasteiger partial charge in [0, 0.05) is 41.6 Å². The Morgan fingerprint density at radius 2 is 2.03 bits per heavy atom. The van der Waals surface area contributed by atoms with E-state index in [4.69, 9.17) is 27.5 Å². The lowest BCUT2D eigenvalue weighted by atomic mass is 9.96. The number of halogens is 1. The van der Waals surface area contributed by atoms with Crippen LogP contribution < -0.4 is 21.5 Å². The summed E-state index contributed by atoms with van der Waals surface area (Å²) in [6.07, 6.45) is 5.92. The van der Waals surface area contributed by atoms with Crippen molar-refractivity contribution in [1.82, 2.24) is 25.6 Å². The minimum absolute atomic E-state index is 0.0110. The molecule has 0 aliphatic carbocycles. The van der Waals surface area contributed by atoms with Gasteiger partial charge in [-0.05, 0) is 37.5 Å². The largest absolute Gasteiger partial charge is 0.598 e. The molecular formula is C23H28ClN7OS2. The lowest BCUT2D eigenvalue weighted by molar-refractivity contribution is 0.400. The first kappa shape index (κ1) is 25.2. The first-order valence-electron chi connectivity index (χ1n) is 10.8. The molecule has 0 saturated heterocycles. The molecule has 180 valence electrons. The van der Waals surface area contributed by atoms with Gasteiger partial charge in [-0.1, -0.05) is 47.6 Å². The molecule has 11 heteroatoms. The number of anilines is 1. The number of nitrogens with one attached hydrogen (secondary N) is 2. The zero-order valence-electron chi connectivity index (χ0n) is 19.0. The molecule has 1 unspecified atom stereocenters. The van der Waals surface area contributed by atoms with Gasteiger partial charge in [0.15, 0.2) is 4.75 Å². The second-order valence-electron chi connectivity index (χ2n) is 8.75. The van der Waals surface area contributed by atoms with Gasteiger partial charge in [-0.2, -0.15) is 5.14 Å². The van der Waals surface area contributed by atoms with Gasteiger partial charge < -0.3 is 20.9 Å². The Labute approximate surface area is 212 Å². The van der Waals surface area contributed by atoms with Crippen LogP contribution in [0.2, 0.25) is 5.02 Å². The van der Waals surface area contributed by atoms with Gasteiger partial charge in [0.25, 0.3) is 0 Å².